The first-order chi connectivity index (χ1) is 14.9. The van der Waals surface area contributed by atoms with Crippen LogP contribution < -0.4 is 0 Å². The smallest absolute Gasteiger partial charge is 0.384 e. The number of benzene rings is 2. The van der Waals surface area contributed by atoms with Crippen molar-refractivity contribution in [2.24, 2.45) is 5.92 Å². The van der Waals surface area contributed by atoms with Crippen LogP contribution in [-0.2, 0) is 46.5 Å². The van der Waals surface area contributed by atoms with E-state index in [1.165, 1.54) is 0 Å². The molecule has 0 bridgehead atoms. The second-order valence-electron chi connectivity index (χ2n) is 6.74. The van der Waals surface area contributed by atoms with Crippen molar-refractivity contribution in [2.75, 3.05) is 6.16 Å². The summed E-state index contributed by atoms with van der Waals surface area (Å²) in [6, 6.07) is 18.0. The summed E-state index contributed by atoms with van der Waals surface area (Å²) in [6.07, 6.45) is -0.894. The number of carboxylic acid groups (broad SMARTS) is 2. The summed E-state index contributed by atoms with van der Waals surface area (Å²) in [5.74, 6) is -3.33. The molecule has 0 aliphatic carbocycles. The Hall–Kier alpha value is -2.55. The maximum atomic E-state index is 13.1. The van der Waals surface area contributed by atoms with Gasteiger partial charge in [-0.2, -0.15) is 0 Å². The Morgan fingerprint density at radius 1 is 0.806 bits per heavy atom. The van der Waals surface area contributed by atoms with Gasteiger partial charge in [0, 0.05) is 6.42 Å². The summed E-state index contributed by atoms with van der Waals surface area (Å²) < 4.78 is 23.1. The van der Waals surface area contributed by atoms with Crippen molar-refractivity contribution in [3.8, 4) is 0 Å². The van der Waals surface area contributed by atoms with Crippen LogP contribution in [0.15, 0.2) is 60.7 Å². The van der Waals surface area contributed by atoms with Gasteiger partial charge in [-0.1, -0.05) is 60.7 Å². The van der Waals surface area contributed by atoms with Crippen LogP contribution in [0.5, 0.6) is 0 Å². The Bertz CT molecular complexity index is 808. The van der Waals surface area contributed by atoms with Gasteiger partial charge in [0.2, 0.25) is 0 Å². The average molecular weight is 452 g/mol. The Kier molecular flexibility index (Phi) is 10.4. The van der Waals surface area contributed by atoms with E-state index < -0.39 is 25.5 Å². The predicted octanol–water partition coefficient (Wildman–Crippen LogP) is 4.43. The fourth-order valence-electron chi connectivity index (χ4n) is 2.59. The minimum atomic E-state index is -3.99. The molecule has 1 unspecified atom stereocenters. The minimum Gasteiger partial charge on any atom is -0.481 e. The van der Waals surface area contributed by atoms with Crippen molar-refractivity contribution in [1.29, 1.82) is 0 Å². The fourth-order valence-corrected chi connectivity index (χ4v) is 3.82. The third-order valence-corrected chi connectivity index (χ3v) is 5.75. The highest BCUT2D eigenvalue weighted by Gasteiger charge is 2.31. The Morgan fingerprint density at radius 2 is 1.29 bits per heavy atom. The number of carbonyl (C=O) groups is 2. The standard InChI is InChI=1S/C21H25O9P/c22-20(23)12-11-19(21(24)25)13-14-31(26,29-27-15-17-7-3-1-4-8-17)30-28-16-18-9-5-2-6-10-18/h1-10,19H,11-16H2,(H,22,23)(H,24,25). The molecule has 31 heavy (non-hydrogen) atoms. The van der Waals surface area contributed by atoms with Gasteiger partial charge >= 0.3 is 19.5 Å². The molecular formula is C21H25O9P. The second-order valence-corrected chi connectivity index (χ2v) is 8.70. The van der Waals surface area contributed by atoms with Crippen molar-refractivity contribution < 1.29 is 43.5 Å². The van der Waals surface area contributed by atoms with Crippen LogP contribution in [-0.4, -0.2) is 28.3 Å². The molecule has 2 aromatic rings. The molecule has 0 amide bonds. The van der Waals surface area contributed by atoms with Crippen LogP contribution in [0.1, 0.15) is 30.4 Å². The first-order valence-corrected chi connectivity index (χ1v) is 11.3. The lowest BCUT2D eigenvalue weighted by Gasteiger charge is -2.18. The molecule has 2 rings (SSSR count). The summed E-state index contributed by atoms with van der Waals surface area (Å²) in [4.78, 5) is 32.3. The van der Waals surface area contributed by atoms with E-state index in [4.69, 9.17) is 24.2 Å². The molecular weight excluding hydrogens is 427 g/mol. The van der Waals surface area contributed by atoms with Crippen LogP contribution in [0, 0.1) is 5.92 Å². The van der Waals surface area contributed by atoms with Crippen LogP contribution in [0.3, 0.4) is 0 Å². The maximum absolute atomic E-state index is 13.1. The van der Waals surface area contributed by atoms with Gasteiger partial charge in [-0.3, -0.25) is 14.2 Å². The monoisotopic (exact) mass is 452 g/mol. The van der Waals surface area contributed by atoms with Gasteiger partial charge < -0.3 is 10.2 Å². The highest BCUT2D eigenvalue weighted by Crippen LogP contribution is 2.50. The molecule has 0 aliphatic rings. The van der Waals surface area contributed by atoms with Gasteiger partial charge in [-0.25, -0.2) is 9.78 Å². The van der Waals surface area contributed by atoms with E-state index in [2.05, 4.69) is 0 Å². The van der Waals surface area contributed by atoms with Crippen molar-refractivity contribution in [2.45, 2.75) is 32.5 Å². The quantitative estimate of drug-likeness (QED) is 0.229. The van der Waals surface area contributed by atoms with Crippen molar-refractivity contribution in [3.63, 3.8) is 0 Å². The number of hydrogen-bond donors (Lipinski definition) is 2. The first kappa shape index (κ1) is 24.7. The summed E-state index contributed by atoms with van der Waals surface area (Å²) in [6.45, 7) is -0.0114. The van der Waals surface area contributed by atoms with Crippen LogP contribution in [0.2, 0.25) is 0 Å². The van der Waals surface area contributed by atoms with Crippen LogP contribution in [0.4, 0.5) is 0 Å². The normalized spacial score (nSPS) is 12.4. The SMILES string of the molecule is O=C(O)CCC(CCP(=O)(OOCc1ccccc1)OOCc1ccccc1)C(=O)O. The molecule has 0 saturated carbocycles. The minimum absolute atomic E-state index is 0.00571. The molecule has 0 fully saturated rings. The summed E-state index contributed by atoms with van der Waals surface area (Å²) in [5, 5.41) is 18.1. The Labute approximate surface area is 179 Å². The maximum Gasteiger partial charge on any atom is 0.384 e. The molecule has 0 aliphatic heterocycles. The summed E-state index contributed by atoms with van der Waals surface area (Å²) in [5.41, 5.74) is 1.54. The highest BCUT2D eigenvalue weighted by atomic mass is 31.2. The lowest BCUT2D eigenvalue weighted by Crippen LogP contribution is -2.17. The van der Waals surface area contributed by atoms with E-state index in [-0.39, 0.29) is 38.6 Å². The van der Waals surface area contributed by atoms with E-state index in [9.17, 15) is 19.3 Å². The van der Waals surface area contributed by atoms with Gasteiger partial charge in [-0.05, 0) is 24.0 Å². The third kappa shape index (κ3) is 9.87. The van der Waals surface area contributed by atoms with Crippen molar-refractivity contribution in [1.82, 2.24) is 0 Å². The molecule has 0 radical (unpaired) electrons. The van der Waals surface area contributed by atoms with Crippen molar-refractivity contribution in [3.05, 3.63) is 71.8 Å². The molecule has 2 N–H and O–H groups in total. The molecule has 0 aromatic heterocycles. The fraction of sp³-hybridized carbons (Fsp3) is 0.333. The van der Waals surface area contributed by atoms with Gasteiger partial charge in [0.25, 0.3) is 0 Å². The average Bonchev–Trinajstić information content (AvgIpc) is 2.75. The number of aliphatic carboxylic acids is 2. The number of carboxylic acids is 2. The summed E-state index contributed by atoms with van der Waals surface area (Å²) in [7, 11) is -3.99. The summed E-state index contributed by atoms with van der Waals surface area (Å²) >= 11 is 0. The second kappa shape index (κ2) is 13.0. The zero-order valence-corrected chi connectivity index (χ0v) is 17.7. The zero-order valence-electron chi connectivity index (χ0n) is 16.8. The van der Waals surface area contributed by atoms with E-state index in [1.807, 2.05) is 12.1 Å². The van der Waals surface area contributed by atoms with E-state index in [0.29, 0.717) is 0 Å². The van der Waals surface area contributed by atoms with Crippen LogP contribution in [0.25, 0.3) is 0 Å². The lowest BCUT2D eigenvalue weighted by molar-refractivity contribution is -0.277. The Balaban J connectivity index is 1.96. The van der Waals surface area contributed by atoms with E-state index in [0.717, 1.165) is 11.1 Å². The zero-order chi connectivity index (χ0) is 22.5. The molecule has 1 atom stereocenters. The molecule has 0 spiro atoms. The lowest BCUT2D eigenvalue weighted by atomic mass is 10.0. The molecule has 0 heterocycles. The molecule has 168 valence electrons. The van der Waals surface area contributed by atoms with Gasteiger partial charge in [-0.15, -0.1) is 9.35 Å². The van der Waals surface area contributed by atoms with Gasteiger partial charge in [0.05, 0.1) is 12.1 Å². The molecule has 2 aromatic carbocycles. The predicted molar refractivity (Wildman–Crippen MR) is 110 cm³/mol. The highest BCUT2D eigenvalue weighted by molar-refractivity contribution is 7.53. The topological polar surface area (TPSA) is 129 Å². The third-order valence-electron chi connectivity index (χ3n) is 4.28. The molecule has 9 nitrogen and oxygen atoms in total. The molecule has 10 heteroatoms. The number of rotatable bonds is 15. The Morgan fingerprint density at radius 3 is 1.71 bits per heavy atom. The van der Waals surface area contributed by atoms with Gasteiger partial charge in [0.1, 0.15) is 13.2 Å². The number of hydrogen-bond acceptors (Lipinski definition) is 7. The molecule has 0 saturated heterocycles. The van der Waals surface area contributed by atoms with Crippen LogP contribution >= 0.6 is 7.60 Å². The largest absolute Gasteiger partial charge is 0.481 e. The van der Waals surface area contributed by atoms with Crippen molar-refractivity contribution >= 4 is 19.5 Å². The van der Waals surface area contributed by atoms with E-state index in [1.54, 1.807) is 48.5 Å². The first-order valence-electron chi connectivity index (χ1n) is 9.62. The van der Waals surface area contributed by atoms with Gasteiger partial charge in [0.15, 0.2) is 0 Å². The van der Waals surface area contributed by atoms with E-state index >= 15 is 0 Å².